The van der Waals surface area contributed by atoms with Crippen LogP contribution >= 0.6 is 15.4 Å². The van der Waals surface area contributed by atoms with E-state index in [2.05, 4.69) is 5.32 Å². The van der Waals surface area contributed by atoms with Gasteiger partial charge in [0.15, 0.2) is 0 Å². The van der Waals surface area contributed by atoms with E-state index < -0.39 is 63.2 Å². The number of hydrogen-bond donors (Lipinski definition) is 8. The minimum atomic E-state index is -3.95. The van der Waals surface area contributed by atoms with Crippen molar-refractivity contribution >= 4 is 51.2 Å². The molecule has 0 saturated carbocycles. The van der Waals surface area contributed by atoms with Gasteiger partial charge in [-0.25, -0.2) is 0 Å². The second-order valence-corrected chi connectivity index (χ2v) is 19.3. The van der Waals surface area contributed by atoms with Crippen molar-refractivity contribution in [3.8, 4) is 0 Å². The van der Waals surface area contributed by atoms with Gasteiger partial charge in [-0.2, -0.15) is 0 Å². The lowest BCUT2D eigenvalue weighted by molar-refractivity contribution is -0.140. The Balaban J connectivity index is 1.69. The molecule has 0 bridgehead atoms. The van der Waals surface area contributed by atoms with E-state index >= 15 is 0 Å². The average Bonchev–Trinajstić information content (AvgIpc) is 3.21. The first-order valence-electron chi connectivity index (χ1n) is 20.3. The first-order chi connectivity index (χ1) is 29.2. The minimum absolute atomic E-state index is 0.111. The van der Waals surface area contributed by atoms with E-state index in [1.54, 1.807) is 53.4 Å². The Morgan fingerprint density at radius 1 is 0.645 bits per heavy atom. The molecule has 4 unspecified atom stereocenters. The summed E-state index contributed by atoms with van der Waals surface area (Å²) in [6, 6.07) is 5.09. The highest BCUT2D eigenvalue weighted by Crippen LogP contribution is 2.45. The molecule has 25 heteroatoms. The lowest BCUT2D eigenvalue weighted by Gasteiger charge is -2.35. The van der Waals surface area contributed by atoms with Crippen molar-refractivity contribution in [2.45, 2.75) is 31.6 Å². The quantitative estimate of drug-likeness (QED) is 0.0675. The Morgan fingerprint density at radius 3 is 1.50 bits per heavy atom. The van der Waals surface area contributed by atoms with E-state index in [0.717, 1.165) is 0 Å². The van der Waals surface area contributed by atoms with Gasteiger partial charge in [0.2, 0.25) is 15.4 Å². The lowest BCUT2D eigenvalue weighted by Crippen LogP contribution is -2.50. The number of benzene rings is 1. The maximum Gasteiger partial charge on any atom is 0.317 e. The molecule has 23 nitrogen and oxygen atoms in total. The molecule has 8 N–H and O–H groups in total. The molecule has 0 aromatic heterocycles. The number of carboxylic acids is 5. The fourth-order valence-corrected chi connectivity index (χ4v) is 10.1. The number of nitrogens with one attached hydrogen (secondary N) is 1. The number of carbonyl (C=O) groups is 6. The van der Waals surface area contributed by atoms with E-state index in [0.29, 0.717) is 12.1 Å². The fraction of sp³-hybridized carbons (Fsp3) is 0.676. The van der Waals surface area contributed by atoms with Crippen molar-refractivity contribution in [2.75, 3.05) is 130 Å². The molecule has 3 rings (SSSR count). The maximum absolute atomic E-state index is 13.7. The highest BCUT2D eigenvalue weighted by atomic mass is 31.2. The fourth-order valence-electron chi connectivity index (χ4n) is 7.59. The van der Waals surface area contributed by atoms with Crippen LogP contribution in [0.5, 0.6) is 0 Å². The number of carboxylic acid groups (broad SMARTS) is 5. The van der Waals surface area contributed by atoms with E-state index in [4.69, 9.17) is 0 Å². The molecule has 2 aliphatic rings. The van der Waals surface area contributed by atoms with Crippen molar-refractivity contribution in [1.29, 1.82) is 0 Å². The van der Waals surface area contributed by atoms with Gasteiger partial charge in [0.05, 0.1) is 51.5 Å². The molecule has 1 aromatic carbocycles. The molecular formula is C37H62N8O15P2. The van der Waals surface area contributed by atoms with Gasteiger partial charge in [0.25, 0.3) is 5.91 Å². The normalized spacial score (nSPS) is 21.4. The average molecular weight is 921 g/mol. The SMILES string of the molecule is CC(CC1CN(CC(=O)O)CCN(C[PH](=O)O)CCN1CC(=O)O)NC(=O)c1ccc(CP(=O)(O)CN2CCN(CC(=O)O)CCN(CC(=O)O)CCN(CC(=O)O)CC2)cc1. The lowest BCUT2D eigenvalue weighted by atomic mass is 10.0. The van der Waals surface area contributed by atoms with Gasteiger partial charge in [-0.15, -0.1) is 0 Å². The van der Waals surface area contributed by atoms with Gasteiger partial charge in [0, 0.05) is 103 Å². The second-order valence-electron chi connectivity index (χ2n) is 15.9. The molecule has 1 aromatic rings. The van der Waals surface area contributed by atoms with Gasteiger partial charge in [-0.05, 0) is 31.0 Å². The van der Waals surface area contributed by atoms with Crippen molar-refractivity contribution in [2.24, 2.45) is 0 Å². The monoisotopic (exact) mass is 920 g/mol. The Morgan fingerprint density at radius 2 is 1.05 bits per heavy atom. The topological polar surface area (TPSA) is 313 Å². The predicted molar refractivity (Wildman–Crippen MR) is 225 cm³/mol. The van der Waals surface area contributed by atoms with Crippen LogP contribution in [-0.2, 0) is 39.3 Å². The third-order valence-corrected chi connectivity index (χ3v) is 13.0. The smallest absolute Gasteiger partial charge is 0.317 e. The third-order valence-electron chi connectivity index (χ3n) is 10.6. The summed E-state index contributed by atoms with van der Waals surface area (Å²) in [6.07, 6.45) is -0.410. The van der Waals surface area contributed by atoms with Gasteiger partial charge >= 0.3 is 29.8 Å². The molecule has 1 amide bonds. The van der Waals surface area contributed by atoms with Crippen molar-refractivity contribution in [3.05, 3.63) is 35.4 Å². The zero-order chi connectivity index (χ0) is 46.0. The van der Waals surface area contributed by atoms with E-state index in [9.17, 15) is 73.2 Å². The molecule has 2 aliphatic heterocycles. The number of hydrogen-bond acceptors (Lipinski definition) is 15. The van der Waals surface area contributed by atoms with Crippen molar-refractivity contribution < 1.29 is 73.2 Å². The highest BCUT2D eigenvalue weighted by molar-refractivity contribution is 7.57. The minimum Gasteiger partial charge on any atom is -0.480 e. The van der Waals surface area contributed by atoms with Gasteiger partial charge < -0.3 is 40.6 Å². The summed E-state index contributed by atoms with van der Waals surface area (Å²) in [6.45, 7) is 2.84. The number of amides is 1. The molecule has 62 heavy (non-hydrogen) atoms. The number of aliphatic carboxylic acids is 5. The summed E-state index contributed by atoms with van der Waals surface area (Å²) in [4.78, 5) is 104. The largest absolute Gasteiger partial charge is 0.480 e. The van der Waals surface area contributed by atoms with E-state index in [1.807, 2.05) is 0 Å². The molecule has 4 atom stereocenters. The summed E-state index contributed by atoms with van der Waals surface area (Å²) >= 11 is 0. The summed E-state index contributed by atoms with van der Waals surface area (Å²) in [7, 11) is -6.83. The van der Waals surface area contributed by atoms with Crippen LogP contribution in [0.2, 0.25) is 0 Å². The summed E-state index contributed by atoms with van der Waals surface area (Å²) < 4.78 is 25.3. The Labute approximate surface area is 360 Å². The van der Waals surface area contributed by atoms with Crippen LogP contribution in [0.4, 0.5) is 0 Å². The van der Waals surface area contributed by atoms with Crippen LogP contribution in [0.15, 0.2) is 24.3 Å². The zero-order valence-electron chi connectivity index (χ0n) is 35.0. The highest BCUT2D eigenvalue weighted by Gasteiger charge is 2.30. The summed E-state index contributed by atoms with van der Waals surface area (Å²) in [5.74, 6) is -5.92. The van der Waals surface area contributed by atoms with E-state index in [-0.39, 0.29) is 142 Å². The van der Waals surface area contributed by atoms with Crippen LogP contribution in [0.3, 0.4) is 0 Å². The third kappa shape index (κ3) is 21.0. The molecule has 0 spiro atoms. The summed E-state index contributed by atoms with van der Waals surface area (Å²) in [5, 5.41) is 50.5. The molecule has 2 heterocycles. The molecule has 2 saturated heterocycles. The molecule has 350 valence electrons. The Hall–Kier alpha value is -3.86. The first-order valence-corrected chi connectivity index (χ1v) is 23.8. The maximum atomic E-state index is 13.7. The number of rotatable bonds is 20. The van der Waals surface area contributed by atoms with Gasteiger partial charge in [-0.1, -0.05) is 12.1 Å². The Bertz CT molecular complexity index is 1710. The predicted octanol–water partition coefficient (Wildman–Crippen LogP) is -1.72. The number of nitrogens with zero attached hydrogens (tertiary/aromatic N) is 7. The first kappa shape index (κ1) is 52.5. The van der Waals surface area contributed by atoms with Crippen LogP contribution in [0, 0.1) is 0 Å². The van der Waals surface area contributed by atoms with Crippen LogP contribution in [0.1, 0.15) is 29.3 Å². The number of carbonyl (C=O) groups excluding carboxylic acids is 1. The summed E-state index contributed by atoms with van der Waals surface area (Å²) in [5.41, 5.74) is 0.705. The van der Waals surface area contributed by atoms with Crippen molar-refractivity contribution in [3.63, 3.8) is 0 Å². The van der Waals surface area contributed by atoms with E-state index in [1.165, 1.54) is 12.1 Å². The standard InChI is InChI=1S/C37H62N8O15P2/c1-28(18-31-19-44(23-35(52)53)15-12-42(26-61(57)58)16-17-45(31)24-36(54)55)38-37(56)30-4-2-29(3-5-30)25-62(59,60)27-43-13-10-40(21-33(48)49)8-6-39(20-32(46)47)7-9-41(11-14-43)22-34(50)51/h2-5,28,31,61H,6-27H2,1H3,(H,38,56)(H,46,47)(H,48,49)(H,50,51)(H,52,53)(H,54,55)(H,57,58)(H,59,60). The van der Waals surface area contributed by atoms with Crippen LogP contribution in [0.25, 0.3) is 0 Å². The zero-order valence-corrected chi connectivity index (χ0v) is 36.9. The van der Waals surface area contributed by atoms with Crippen LogP contribution < -0.4 is 5.32 Å². The molecular weight excluding hydrogens is 858 g/mol. The van der Waals surface area contributed by atoms with Gasteiger partial charge in [0.1, 0.15) is 0 Å². The Kier molecular flexibility index (Phi) is 22.1. The molecule has 0 radical (unpaired) electrons. The van der Waals surface area contributed by atoms with Crippen molar-refractivity contribution in [1.82, 2.24) is 39.6 Å². The molecule has 2 fully saturated rings. The molecule has 0 aliphatic carbocycles. The van der Waals surface area contributed by atoms with Gasteiger partial charge in [-0.3, -0.25) is 72.2 Å². The van der Waals surface area contributed by atoms with Crippen LogP contribution in [-0.4, -0.2) is 248 Å². The second kappa shape index (κ2) is 26.1.